The number of piperidine rings is 1. The van der Waals surface area contributed by atoms with Gasteiger partial charge >= 0.3 is 0 Å². The first kappa shape index (κ1) is 14.7. The molecule has 2 unspecified atom stereocenters. The van der Waals surface area contributed by atoms with Gasteiger partial charge in [0.1, 0.15) is 0 Å². The van der Waals surface area contributed by atoms with Crippen LogP contribution in [0.2, 0.25) is 5.02 Å². The number of nitrogens with zero attached hydrogens (tertiary/aromatic N) is 2. The lowest BCUT2D eigenvalue weighted by atomic mass is 9.86. The summed E-state index contributed by atoms with van der Waals surface area (Å²) in [6, 6.07) is 19.0. The topological polar surface area (TPSA) is 27.6 Å². The Morgan fingerprint density at radius 3 is 2.70 bits per heavy atom. The van der Waals surface area contributed by atoms with E-state index in [1.807, 2.05) is 18.2 Å². The number of hydrogen-bond donors (Lipinski definition) is 1. The van der Waals surface area contributed by atoms with E-state index in [0.29, 0.717) is 5.92 Å². The Morgan fingerprint density at radius 1 is 1.09 bits per heavy atom. The molecule has 0 spiro atoms. The first-order valence-corrected chi connectivity index (χ1v) is 8.52. The molecule has 1 saturated heterocycles. The van der Waals surface area contributed by atoms with Gasteiger partial charge in [0.2, 0.25) is 0 Å². The van der Waals surface area contributed by atoms with E-state index in [1.54, 1.807) is 0 Å². The number of halogens is 1. The fraction of sp³-hybridized carbons (Fsp3) is 0.316. The molecule has 118 valence electrons. The Morgan fingerprint density at radius 2 is 1.87 bits per heavy atom. The SMILES string of the molecule is Clc1ccccc1C1NN=C2CCN(Cc3ccccc3)CC21. The maximum Gasteiger partial charge on any atom is 0.0797 e. The van der Waals surface area contributed by atoms with Crippen LogP contribution in [0.25, 0.3) is 0 Å². The second-order valence-electron chi connectivity index (χ2n) is 6.31. The lowest BCUT2D eigenvalue weighted by Gasteiger charge is -2.33. The standard InChI is InChI=1S/C19H20ClN3/c20-17-9-5-4-8-15(17)19-16-13-23(11-10-18(16)21-22-19)12-14-6-2-1-3-7-14/h1-9,16,19,22H,10-13H2. The van der Waals surface area contributed by atoms with Crippen LogP contribution in [-0.2, 0) is 6.54 Å². The third-order valence-corrected chi connectivity index (χ3v) is 5.15. The van der Waals surface area contributed by atoms with Crippen LogP contribution >= 0.6 is 11.6 Å². The highest BCUT2D eigenvalue weighted by Gasteiger charge is 2.37. The summed E-state index contributed by atoms with van der Waals surface area (Å²) in [5.74, 6) is 0.410. The van der Waals surface area contributed by atoms with E-state index in [4.69, 9.17) is 11.6 Å². The van der Waals surface area contributed by atoms with Crippen molar-refractivity contribution in [3.8, 4) is 0 Å². The number of hydrazone groups is 1. The molecule has 1 N–H and O–H groups in total. The monoisotopic (exact) mass is 325 g/mol. The van der Waals surface area contributed by atoms with Gasteiger partial charge in [-0.25, -0.2) is 0 Å². The van der Waals surface area contributed by atoms with Crippen LogP contribution in [0.1, 0.15) is 23.6 Å². The largest absolute Gasteiger partial charge is 0.302 e. The lowest BCUT2D eigenvalue weighted by Crippen LogP contribution is -2.41. The Balaban J connectivity index is 1.51. The Bertz CT molecular complexity index is 714. The van der Waals surface area contributed by atoms with E-state index < -0.39 is 0 Å². The summed E-state index contributed by atoms with van der Waals surface area (Å²) in [4.78, 5) is 2.52. The van der Waals surface area contributed by atoms with Crippen LogP contribution in [0.15, 0.2) is 59.7 Å². The van der Waals surface area contributed by atoms with E-state index in [2.05, 4.69) is 51.8 Å². The molecule has 0 aromatic heterocycles. The van der Waals surface area contributed by atoms with Crippen LogP contribution in [-0.4, -0.2) is 23.7 Å². The molecular weight excluding hydrogens is 306 g/mol. The molecule has 0 saturated carbocycles. The summed E-state index contributed by atoms with van der Waals surface area (Å²) in [5, 5.41) is 5.40. The average Bonchev–Trinajstić information content (AvgIpc) is 2.99. The Labute approximate surface area is 142 Å². The highest BCUT2D eigenvalue weighted by molar-refractivity contribution is 6.31. The van der Waals surface area contributed by atoms with Crippen molar-refractivity contribution in [1.82, 2.24) is 10.3 Å². The quantitative estimate of drug-likeness (QED) is 0.928. The van der Waals surface area contributed by atoms with Gasteiger partial charge in [-0.15, -0.1) is 0 Å². The van der Waals surface area contributed by atoms with Gasteiger partial charge in [-0.3, -0.25) is 4.90 Å². The molecule has 2 atom stereocenters. The van der Waals surface area contributed by atoms with Crippen molar-refractivity contribution < 1.29 is 0 Å². The summed E-state index contributed by atoms with van der Waals surface area (Å²) in [7, 11) is 0. The first-order valence-electron chi connectivity index (χ1n) is 8.14. The van der Waals surface area contributed by atoms with Crippen molar-refractivity contribution in [1.29, 1.82) is 0 Å². The fourth-order valence-corrected chi connectivity index (χ4v) is 3.86. The highest BCUT2D eigenvalue weighted by atomic mass is 35.5. The lowest BCUT2D eigenvalue weighted by molar-refractivity contribution is 0.220. The van der Waals surface area contributed by atoms with E-state index in [1.165, 1.54) is 11.3 Å². The minimum atomic E-state index is 0.192. The number of fused-ring (bicyclic) bond motifs is 1. The van der Waals surface area contributed by atoms with Crippen molar-refractivity contribution >= 4 is 17.3 Å². The maximum absolute atomic E-state index is 6.40. The molecule has 2 aromatic rings. The molecule has 1 fully saturated rings. The fourth-order valence-electron chi connectivity index (χ4n) is 3.61. The van der Waals surface area contributed by atoms with E-state index >= 15 is 0 Å². The number of likely N-dealkylation sites (tertiary alicyclic amines) is 1. The number of rotatable bonds is 3. The molecule has 2 aliphatic rings. The molecule has 2 heterocycles. The second kappa shape index (κ2) is 6.34. The second-order valence-corrected chi connectivity index (χ2v) is 6.72. The third kappa shape index (κ3) is 2.99. The van der Waals surface area contributed by atoms with Gasteiger partial charge in [-0.1, -0.05) is 60.1 Å². The molecule has 0 radical (unpaired) electrons. The van der Waals surface area contributed by atoms with Crippen molar-refractivity contribution in [2.24, 2.45) is 11.0 Å². The van der Waals surface area contributed by atoms with Crippen LogP contribution in [0.4, 0.5) is 0 Å². The molecule has 3 nitrogen and oxygen atoms in total. The van der Waals surface area contributed by atoms with Gasteiger partial charge in [0.05, 0.1) is 6.04 Å². The van der Waals surface area contributed by atoms with Gasteiger partial charge in [0.25, 0.3) is 0 Å². The Kier molecular flexibility index (Phi) is 4.06. The maximum atomic E-state index is 6.40. The minimum Gasteiger partial charge on any atom is -0.302 e. The predicted molar refractivity (Wildman–Crippen MR) is 94.6 cm³/mol. The average molecular weight is 326 g/mol. The molecule has 0 aliphatic carbocycles. The molecular formula is C19H20ClN3. The zero-order valence-corrected chi connectivity index (χ0v) is 13.7. The number of nitrogens with one attached hydrogen (secondary N) is 1. The zero-order valence-electron chi connectivity index (χ0n) is 13.0. The normalized spacial score (nSPS) is 24.0. The summed E-state index contributed by atoms with van der Waals surface area (Å²) >= 11 is 6.40. The Hall–Kier alpha value is -1.84. The van der Waals surface area contributed by atoms with Crippen molar-refractivity contribution in [3.05, 3.63) is 70.7 Å². The molecule has 2 aromatic carbocycles. The number of benzene rings is 2. The van der Waals surface area contributed by atoms with Crippen LogP contribution in [0.3, 0.4) is 0 Å². The summed E-state index contributed by atoms with van der Waals surface area (Å²) < 4.78 is 0. The minimum absolute atomic E-state index is 0.192. The molecule has 2 aliphatic heterocycles. The summed E-state index contributed by atoms with van der Waals surface area (Å²) in [5.41, 5.74) is 7.13. The van der Waals surface area contributed by atoms with Crippen LogP contribution in [0.5, 0.6) is 0 Å². The van der Waals surface area contributed by atoms with Crippen LogP contribution < -0.4 is 5.43 Å². The summed E-state index contributed by atoms with van der Waals surface area (Å²) in [6.07, 6.45) is 1.03. The molecule has 0 amide bonds. The third-order valence-electron chi connectivity index (χ3n) is 4.81. The smallest absolute Gasteiger partial charge is 0.0797 e. The van der Waals surface area contributed by atoms with Crippen molar-refractivity contribution in [3.63, 3.8) is 0 Å². The molecule has 0 bridgehead atoms. The summed E-state index contributed by atoms with van der Waals surface area (Å²) in [6.45, 7) is 3.09. The van der Waals surface area contributed by atoms with Crippen LogP contribution in [0, 0.1) is 5.92 Å². The first-order chi connectivity index (χ1) is 11.3. The van der Waals surface area contributed by atoms with Gasteiger partial charge in [0, 0.05) is 42.7 Å². The molecule has 23 heavy (non-hydrogen) atoms. The van der Waals surface area contributed by atoms with E-state index in [-0.39, 0.29) is 6.04 Å². The van der Waals surface area contributed by atoms with Gasteiger partial charge in [0.15, 0.2) is 0 Å². The van der Waals surface area contributed by atoms with Crippen molar-refractivity contribution in [2.45, 2.75) is 19.0 Å². The van der Waals surface area contributed by atoms with Crippen molar-refractivity contribution in [2.75, 3.05) is 13.1 Å². The van der Waals surface area contributed by atoms with E-state index in [9.17, 15) is 0 Å². The van der Waals surface area contributed by atoms with Gasteiger partial charge < -0.3 is 5.43 Å². The number of hydrogen-bond acceptors (Lipinski definition) is 3. The predicted octanol–water partition coefficient (Wildman–Crippen LogP) is 3.86. The highest BCUT2D eigenvalue weighted by Crippen LogP contribution is 2.35. The molecule has 4 rings (SSSR count). The zero-order chi connectivity index (χ0) is 15.6. The van der Waals surface area contributed by atoms with E-state index in [0.717, 1.165) is 36.6 Å². The molecule has 4 heteroatoms. The van der Waals surface area contributed by atoms with Gasteiger partial charge in [-0.05, 0) is 17.2 Å². The van der Waals surface area contributed by atoms with Gasteiger partial charge in [-0.2, -0.15) is 5.10 Å².